The van der Waals surface area contributed by atoms with Gasteiger partial charge in [-0.25, -0.2) is 0 Å². The first-order chi connectivity index (χ1) is 31.4. The predicted molar refractivity (Wildman–Crippen MR) is 287 cm³/mol. The zero-order valence-electron chi connectivity index (χ0n) is 39.9. The van der Waals surface area contributed by atoms with Crippen LogP contribution in [0.5, 0.6) is 23.0 Å². The van der Waals surface area contributed by atoms with Crippen molar-refractivity contribution >= 4 is 68.5 Å². The lowest BCUT2D eigenvalue weighted by atomic mass is 9.98. The van der Waals surface area contributed by atoms with Gasteiger partial charge in [-0.2, -0.15) is 10.5 Å². The number of hydrogen-bond acceptors (Lipinski definition) is 6. The molecule has 0 saturated heterocycles. The van der Waals surface area contributed by atoms with Gasteiger partial charge >= 0.3 is 0 Å². The molecule has 0 spiro atoms. The SMILES string of the molecule is CCCCCCCCOc1cc(/C=C(\C#N)c2ccc(/C(C#N)=C/c3cc(OCCCCCCCC)c(I)cc3OCCCCCCCC)cc2)c(OCCCCCCCC)cc1I. The molecule has 0 aromatic heterocycles. The van der Waals surface area contributed by atoms with Gasteiger partial charge in [-0.15, -0.1) is 0 Å². The molecule has 3 aromatic rings. The molecule has 0 fully saturated rings. The Kier molecular flexibility index (Phi) is 30.2. The standard InChI is InChI=1S/C56H78I2N2O4/c1-5-9-13-17-21-25-33-61-53-41-51(57)55(63-35-27-23-19-15-11-7-3)39-47(53)37-49(43-59)45-29-31-46(32-30-45)50(44-60)38-48-40-56(64-36-28-24-20-16-12-8-4)52(58)42-54(48)62-34-26-22-18-14-10-6-2/h29-32,37-42H,5-28,33-36H2,1-4H3/b49-37+,50-38+. The van der Waals surface area contributed by atoms with E-state index in [0.29, 0.717) is 37.6 Å². The van der Waals surface area contributed by atoms with E-state index in [0.717, 1.165) is 104 Å². The summed E-state index contributed by atoms with van der Waals surface area (Å²) in [5, 5.41) is 21.0. The van der Waals surface area contributed by atoms with E-state index in [9.17, 15) is 10.5 Å². The van der Waals surface area contributed by atoms with Crippen molar-refractivity contribution in [3.8, 4) is 35.1 Å². The highest BCUT2D eigenvalue weighted by atomic mass is 127. The average Bonchev–Trinajstić information content (AvgIpc) is 3.30. The van der Waals surface area contributed by atoms with E-state index in [1.54, 1.807) is 0 Å². The van der Waals surface area contributed by atoms with Gasteiger partial charge in [0.15, 0.2) is 0 Å². The molecule has 64 heavy (non-hydrogen) atoms. The smallest absolute Gasteiger partial charge is 0.133 e. The summed E-state index contributed by atoms with van der Waals surface area (Å²) in [4.78, 5) is 0. The maximum Gasteiger partial charge on any atom is 0.133 e. The lowest BCUT2D eigenvalue weighted by molar-refractivity contribution is 0.294. The maximum atomic E-state index is 10.5. The van der Waals surface area contributed by atoms with Crippen molar-refractivity contribution in [2.75, 3.05) is 26.4 Å². The lowest BCUT2D eigenvalue weighted by Crippen LogP contribution is -2.03. The van der Waals surface area contributed by atoms with Crippen LogP contribution in [0.1, 0.15) is 204 Å². The Morgan fingerprint density at radius 1 is 0.406 bits per heavy atom. The summed E-state index contributed by atoms with van der Waals surface area (Å²) in [6.45, 7) is 11.5. The Bertz CT molecular complexity index is 1760. The van der Waals surface area contributed by atoms with Crippen LogP contribution in [0.3, 0.4) is 0 Å². The fourth-order valence-electron chi connectivity index (χ4n) is 7.56. The Labute approximate surface area is 416 Å². The maximum absolute atomic E-state index is 10.5. The van der Waals surface area contributed by atoms with Gasteiger partial charge < -0.3 is 18.9 Å². The molecule has 0 unspecified atom stereocenters. The molecule has 3 aromatic carbocycles. The number of nitriles is 2. The quantitative estimate of drug-likeness (QED) is 0.0250. The van der Waals surface area contributed by atoms with Gasteiger partial charge in [0, 0.05) is 11.1 Å². The van der Waals surface area contributed by atoms with Gasteiger partial charge in [0.05, 0.1) is 56.9 Å². The highest BCUT2D eigenvalue weighted by Gasteiger charge is 2.15. The number of halogens is 2. The second kappa shape index (κ2) is 35.0. The molecule has 0 radical (unpaired) electrons. The molecule has 0 bridgehead atoms. The van der Waals surface area contributed by atoms with Crippen LogP contribution in [0.4, 0.5) is 0 Å². The minimum absolute atomic E-state index is 0.511. The molecule has 0 saturated carbocycles. The molecular weight excluding hydrogens is 1020 g/mol. The van der Waals surface area contributed by atoms with Gasteiger partial charge in [0.2, 0.25) is 0 Å². The predicted octanol–water partition coefficient (Wildman–Crippen LogP) is 18.0. The summed E-state index contributed by atoms with van der Waals surface area (Å²) in [5.74, 6) is 3.13. The van der Waals surface area contributed by atoms with Crippen molar-refractivity contribution in [1.82, 2.24) is 0 Å². The average molecular weight is 1100 g/mol. The fourth-order valence-corrected chi connectivity index (χ4v) is 8.75. The van der Waals surface area contributed by atoms with E-state index < -0.39 is 0 Å². The fraction of sp³-hybridized carbons (Fsp3) is 0.571. The number of nitrogens with zero attached hydrogens (tertiary/aromatic N) is 2. The van der Waals surface area contributed by atoms with Gasteiger partial charge in [-0.05, 0) is 118 Å². The third-order valence-electron chi connectivity index (χ3n) is 11.5. The van der Waals surface area contributed by atoms with Gasteiger partial charge in [0.1, 0.15) is 23.0 Å². The molecule has 0 aliphatic rings. The Balaban J connectivity index is 1.88. The lowest BCUT2D eigenvalue weighted by Gasteiger charge is -2.15. The number of benzene rings is 3. The minimum Gasteiger partial charge on any atom is -0.493 e. The third kappa shape index (κ3) is 21.8. The van der Waals surface area contributed by atoms with Crippen molar-refractivity contribution in [3.05, 3.63) is 77.9 Å². The van der Waals surface area contributed by atoms with E-state index in [1.165, 1.54) is 103 Å². The topological polar surface area (TPSA) is 84.5 Å². The molecule has 0 aliphatic heterocycles. The van der Waals surface area contributed by atoms with Gasteiger partial charge in [-0.1, -0.05) is 180 Å². The van der Waals surface area contributed by atoms with Gasteiger partial charge in [0.25, 0.3) is 0 Å². The summed E-state index contributed by atoms with van der Waals surface area (Å²) in [6.07, 6.45) is 32.5. The number of ether oxygens (including phenoxy) is 4. The van der Waals surface area contributed by atoms with Crippen molar-refractivity contribution in [3.63, 3.8) is 0 Å². The molecule has 350 valence electrons. The van der Waals surface area contributed by atoms with Crippen LogP contribution in [0, 0.1) is 29.8 Å². The number of allylic oxidation sites excluding steroid dienone is 2. The molecule has 6 nitrogen and oxygen atoms in total. The van der Waals surface area contributed by atoms with Crippen molar-refractivity contribution in [2.45, 2.75) is 182 Å². The monoisotopic (exact) mass is 1100 g/mol. The molecule has 0 heterocycles. The molecule has 0 N–H and O–H groups in total. The number of hydrogen-bond donors (Lipinski definition) is 0. The Hall–Kier alpha value is -3.22. The second-order valence-corrected chi connectivity index (χ2v) is 19.3. The van der Waals surface area contributed by atoms with Crippen LogP contribution in [-0.2, 0) is 0 Å². The van der Waals surface area contributed by atoms with Gasteiger partial charge in [-0.3, -0.25) is 0 Å². The molecule has 3 rings (SSSR count). The largest absolute Gasteiger partial charge is 0.493 e. The van der Waals surface area contributed by atoms with E-state index in [-0.39, 0.29) is 0 Å². The van der Waals surface area contributed by atoms with E-state index in [2.05, 4.69) is 85.0 Å². The molecule has 0 aliphatic carbocycles. The number of unbranched alkanes of at least 4 members (excludes halogenated alkanes) is 20. The molecule has 8 heteroatoms. The van der Waals surface area contributed by atoms with E-state index in [4.69, 9.17) is 18.9 Å². The van der Waals surface area contributed by atoms with Crippen LogP contribution < -0.4 is 18.9 Å². The highest BCUT2D eigenvalue weighted by Crippen LogP contribution is 2.36. The molecule has 0 atom stereocenters. The minimum atomic E-state index is 0.511. The van der Waals surface area contributed by atoms with Crippen molar-refractivity contribution in [1.29, 1.82) is 10.5 Å². The van der Waals surface area contributed by atoms with Crippen LogP contribution in [-0.4, -0.2) is 26.4 Å². The normalized spacial score (nSPS) is 11.6. The van der Waals surface area contributed by atoms with E-state index in [1.807, 2.05) is 60.7 Å². The first kappa shape index (κ1) is 55.1. The first-order valence-corrected chi connectivity index (χ1v) is 27.1. The van der Waals surface area contributed by atoms with Crippen LogP contribution in [0.15, 0.2) is 48.5 Å². The summed E-state index contributed by atoms with van der Waals surface area (Å²) in [6, 6.07) is 20.7. The zero-order chi connectivity index (χ0) is 46.0. The highest BCUT2D eigenvalue weighted by molar-refractivity contribution is 14.1. The summed E-state index contributed by atoms with van der Waals surface area (Å²) in [7, 11) is 0. The van der Waals surface area contributed by atoms with Crippen LogP contribution in [0.25, 0.3) is 23.3 Å². The first-order valence-electron chi connectivity index (χ1n) is 24.9. The number of rotatable bonds is 36. The van der Waals surface area contributed by atoms with Crippen LogP contribution >= 0.6 is 45.2 Å². The third-order valence-corrected chi connectivity index (χ3v) is 13.2. The van der Waals surface area contributed by atoms with Crippen LogP contribution in [0.2, 0.25) is 0 Å². The molecule has 0 amide bonds. The summed E-state index contributed by atoms with van der Waals surface area (Å²) in [5.41, 5.74) is 4.20. The van der Waals surface area contributed by atoms with E-state index >= 15 is 0 Å². The molecular formula is C56H78I2N2O4. The summed E-state index contributed by atoms with van der Waals surface area (Å²) >= 11 is 4.67. The Morgan fingerprint density at radius 3 is 0.953 bits per heavy atom. The summed E-state index contributed by atoms with van der Waals surface area (Å²) < 4.78 is 27.5. The zero-order valence-corrected chi connectivity index (χ0v) is 44.2. The van der Waals surface area contributed by atoms with Crippen molar-refractivity contribution < 1.29 is 18.9 Å². The Morgan fingerprint density at radius 2 is 0.672 bits per heavy atom. The van der Waals surface area contributed by atoms with Crippen molar-refractivity contribution in [2.24, 2.45) is 0 Å². The second-order valence-electron chi connectivity index (χ2n) is 17.0.